The summed E-state index contributed by atoms with van der Waals surface area (Å²) in [5, 5.41) is 3.51. The number of rotatable bonds is 4. The Hall–Kier alpha value is -0.660. The van der Waals surface area contributed by atoms with Crippen molar-refractivity contribution in [3.63, 3.8) is 0 Å². The van der Waals surface area contributed by atoms with Gasteiger partial charge in [-0.05, 0) is 31.8 Å². The maximum atomic E-state index is 5.37. The zero-order chi connectivity index (χ0) is 10.4. The van der Waals surface area contributed by atoms with Gasteiger partial charge in [0.2, 0.25) is 0 Å². The van der Waals surface area contributed by atoms with Crippen molar-refractivity contribution in [2.75, 3.05) is 7.11 Å². The molecule has 2 nitrogen and oxygen atoms in total. The van der Waals surface area contributed by atoms with Crippen LogP contribution in [0.1, 0.15) is 52.4 Å². The molecule has 1 saturated carbocycles. The van der Waals surface area contributed by atoms with Crippen molar-refractivity contribution in [3.8, 4) is 0 Å². The number of methoxy groups -OCH3 is 1. The van der Waals surface area contributed by atoms with Crippen LogP contribution in [-0.2, 0) is 4.74 Å². The SMILES string of the molecule is CCC(C)=C(NC1CCCCC1)OC. The molecule has 0 saturated heterocycles. The first-order chi connectivity index (χ1) is 6.77. The van der Waals surface area contributed by atoms with Gasteiger partial charge in [0.25, 0.3) is 0 Å². The molecule has 0 radical (unpaired) electrons. The minimum atomic E-state index is 0.639. The molecule has 0 bridgehead atoms. The highest BCUT2D eigenvalue weighted by Crippen LogP contribution is 2.19. The molecular formula is C12H23NO. The Labute approximate surface area is 87.7 Å². The van der Waals surface area contributed by atoms with E-state index in [-0.39, 0.29) is 0 Å². The van der Waals surface area contributed by atoms with Crippen LogP contribution in [0.25, 0.3) is 0 Å². The van der Waals surface area contributed by atoms with Crippen molar-refractivity contribution in [1.29, 1.82) is 0 Å². The molecular weight excluding hydrogens is 174 g/mol. The van der Waals surface area contributed by atoms with Gasteiger partial charge in [-0.2, -0.15) is 0 Å². The van der Waals surface area contributed by atoms with Crippen molar-refractivity contribution in [1.82, 2.24) is 5.32 Å². The van der Waals surface area contributed by atoms with E-state index in [0.29, 0.717) is 6.04 Å². The lowest BCUT2D eigenvalue weighted by atomic mass is 9.95. The molecule has 1 N–H and O–H groups in total. The topological polar surface area (TPSA) is 21.3 Å². The third-order valence-corrected chi connectivity index (χ3v) is 3.06. The van der Waals surface area contributed by atoms with E-state index in [2.05, 4.69) is 19.2 Å². The van der Waals surface area contributed by atoms with E-state index in [1.54, 1.807) is 7.11 Å². The van der Waals surface area contributed by atoms with Crippen LogP contribution in [0.15, 0.2) is 11.5 Å². The Morgan fingerprint density at radius 1 is 1.29 bits per heavy atom. The molecule has 0 atom stereocenters. The third-order valence-electron chi connectivity index (χ3n) is 3.06. The van der Waals surface area contributed by atoms with E-state index < -0.39 is 0 Å². The molecule has 0 aromatic rings. The fourth-order valence-corrected chi connectivity index (χ4v) is 1.95. The highest BCUT2D eigenvalue weighted by Gasteiger charge is 2.14. The van der Waals surface area contributed by atoms with Crippen LogP contribution >= 0.6 is 0 Å². The van der Waals surface area contributed by atoms with E-state index in [1.165, 1.54) is 37.7 Å². The van der Waals surface area contributed by atoms with Crippen molar-refractivity contribution in [2.24, 2.45) is 0 Å². The highest BCUT2D eigenvalue weighted by molar-refractivity contribution is 5.04. The molecule has 1 aliphatic rings. The minimum absolute atomic E-state index is 0.639. The van der Waals surface area contributed by atoms with Crippen LogP contribution in [0.4, 0.5) is 0 Å². The number of nitrogens with one attached hydrogen (secondary N) is 1. The van der Waals surface area contributed by atoms with Crippen LogP contribution < -0.4 is 5.32 Å². The van der Waals surface area contributed by atoms with Crippen molar-refractivity contribution < 1.29 is 4.74 Å². The van der Waals surface area contributed by atoms with Gasteiger partial charge in [-0.25, -0.2) is 0 Å². The van der Waals surface area contributed by atoms with E-state index in [9.17, 15) is 0 Å². The largest absolute Gasteiger partial charge is 0.483 e. The maximum Gasteiger partial charge on any atom is 0.185 e. The molecule has 0 heterocycles. The molecule has 14 heavy (non-hydrogen) atoms. The summed E-state index contributed by atoms with van der Waals surface area (Å²) in [6, 6.07) is 0.639. The standard InChI is InChI=1S/C12H23NO/c1-4-10(2)12(14-3)13-11-8-6-5-7-9-11/h11,13H,4-9H2,1-3H3. The third kappa shape index (κ3) is 3.24. The van der Waals surface area contributed by atoms with E-state index in [0.717, 1.165) is 12.3 Å². The van der Waals surface area contributed by atoms with Gasteiger partial charge in [0.05, 0.1) is 7.11 Å². The van der Waals surface area contributed by atoms with Gasteiger partial charge in [-0.1, -0.05) is 26.2 Å². The summed E-state index contributed by atoms with van der Waals surface area (Å²) in [5.41, 5.74) is 1.32. The van der Waals surface area contributed by atoms with Gasteiger partial charge < -0.3 is 10.1 Å². The molecule has 1 rings (SSSR count). The zero-order valence-electron chi connectivity index (χ0n) is 9.73. The Morgan fingerprint density at radius 2 is 1.93 bits per heavy atom. The molecule has 0 amide bonds. The van der Waals surface area contributed by atoms with Gasteiger partial charge in [0.15, 0.2) is 5.88 Å². The van der Waals surface area contributed by atoms with Gasteiger partial charge in [-0.3, -0.25) is 0 Å². The molecule has 2 heteroatoms. The van der Waals surface area contributed by atoms with Gasteiger partial charge in [0, 0.05) is 6.04 Å². The Bertz CT molecular complexity index is 192. The van der Waals surface area contributed by atoms with Crippen molar-refractivity contribution >= 4 is 0 Å². The first-order valence-electron chi connectivity index (χ1n) is 5.78. The van der Waals surface area contributed by atoms with Crippen LogP contribution in [0, 0.1) is 0 Å². The van der Waals surface area contributed by atoms with Crippen molar-refractivity contribution in [3.05, 3.63) is 11.5 Å². The predicted molar refractivity (Wildman–Crippen MR) is 60.0 cm³/mol. The number of hydrogen-bond donors (Lipinski definition) is 1. The summed E-state index contributed by atoms with van der Waals surface area (Å²) >= 11 is 0. The van der Waals surface area contributed by atoms with E-state index >= 15 is 0 Å². The lowest BCUT2D eigenvalue weighted by Gasteiger charge is -2.25. The lowest BCUT2D eigenvalue weighted by Crippen LogP contribution is -2.31. The van der Waals surface area contributed by atoms with Gasteiger partial charge in [-0.15, -0.1) is 0 Å². The first-order valence-corrected chi connectivity index (χ1v) is 5.78. The van der Waals surface area contributed by atoms with Gasteiger partial charge >= 0.3 is 0 Å². The Morgan fingerprint density at radius 3 is 2.43 bits per heavy atom. The minimum Gasteiger partial charge on any atom is -0.483 e. The second kappa shape index (κ2) is 5.94. The van der Waals surface area contributed by atoms with Crippen LogP contribution in [-0.4, -0.2) is 13.2 Å². The molecule has 82 valence electrons. The van der Waals surface area contributed by atoms with E-state index in [1.807, 2.05) is 0 Å². The number of allylic oxidation sites excluding steroid dienone is 1. The van der Waals surface area contributed by atoms with Gasteiger partial charge in [0.1, 0.15) is 0 Å². The maximum absolute atomic E-state index is 5.37. The van der Waals surface area contributed by atoms with Crippen LogP contribution in [0.2, 0.25) is 0 Å². The van der Waals surface area contributed by atoms with Crippen LogP contribution in [0.3, 0.4) is 0 Å². The van der Waals surface area contributed by atoms with E-state index in [4.69, 9.17) is 4.74 Å². The summed E-state index contributed by atoms with van der Waals surface area (Å²) in [5.74, 6) is 0.999. The summed E-state index contributed by atoms with van der Waals surface area (Å²) < 4.78 is 5.37. The second-order valence-corrected chi connectivity index (χ2v) is 4.15. The Balaban J connectivity index is 2.46. The van der Waals surface area contributed by atoms with Crippen LogP contribution in [0.5, 0.6) is 0 Å². The zero-order valence-corrected chi connectivity index (χ0v) is 9.73. The fraction of sp³-hybridized carbons (Fsp3) is 0.833. The average Bonchev–Trinajstić information content (AvgIpc) is 2.26. The molecule has 1 fully saturated rings. The quantitative estimate of drug-likeness (QED) is 0.699. The normalized spacial score (nSPS) is 20.2. The second-order valence-electron chi connectivity index (χ2n) is 4.15. The monoisotopic (exact) mass is 197 g/mol. The molecule has 0 aliphatic heterocycles. The predicted octanol–water partition coefficient (Wildman–Crippen LogP) is 3.20. The lowest BCUT2D eigenvalue weighted by molar-refractivity contribution is 0.230. The first kappa shape index (κ1) is 11.4. The molecule has 0 aromatic carbocycles. The summed E-state index contributed by atoms with van der Waals surface area (Å²) in [6.07, 6.45) is 7.77. The molecule has 0 spiro atoms. The molecule has 0 unspecified atom stereocenters. The highest BCUT2D eigenvalue weighted by atomic mass is 16.5. The number of hydrogen-bond acceptors (Lipinski definition) is 2. The summed E-state index contributed by atoms with van der Waals surface area (Å²) in [4.78, 5) is 0. The summed E-state index contributed by atoms with van der Waals surface area (Å²) in [7, 11) is 1.75. The average molecular weight is 197 g/mol. The smallest absolute Gasteiger partial charge is 0.185 e. The fourth-order valence-electron chi connectivity index (χ4n) is 1.95. The van der Waals surface area contributed by atoms with Crippen molar-refractivity contribution in [2.45, 2.75) is 58.4 Å². The molecule has 1 aliphatic carbocycles. The summed E-state index contributed by atoms with van der Waals surface area (Å²) in [6.45, 7) is 4.30. The molecule has 0 aromatic heterocycles. The Kier molecular flexibility index (Phi) is 4.85. The number of ether oxygens (including phenoxy) is 1.